The topological polar surface area (TPSA) is 82.3 Å². The second-order valence-electron chi connectivity index (χ2n) is 6.06. The molecule has 0 spiro atoms. The van der Waals surface area contributed by atoms with Crippen molar-refractivity contribution in [1.29, 1.82) is 0 Å². The maximum atomic E-state index is 11.0. The molecule has 0 aromatic carbocycles. The van der Waals surface area contributed by atoms with Crippen molar-refractivity contribution in [3.63, 3.8) is 0 Å². The molecular formula is C14H18N4O3UV-2. The Morgan fingerprint density at radius 2 is 2.13 bits per heavy atom. The van der Waals surface area contributed by atoms with E-state index in [1.165, 1.54) is 0 Å². The fraction of sp³-hybridized carbons (Fsp3) is 0.643. The monoisotopic (exact) mass is 579 g/mol. The van der Waals surface area contributed by atoms with Gasteiger partial charge in [-0.05, 0) is 6.92 Å². The van der Waals surface area contributed by atoms with Crippen molar-refractivity contribution in [2.24, 2.45) is 5.41 Å². The van der Waals surface area contributed by atoms with E-state index in [2.05, 4.69) is 27.5 Å². The largest absolute Gasteiger partial charge is 0.522 e. The summed E-state index contributed by atoms with van der Waals surface area (Å²) < 4.78 is 12.9. The average Bonchev–Trinajstić information content (AvgIpc) is 2.92. The van der Waals surface area contributed by atoms with Gasteiger partial charge in [-0.3, -0.25) is 4.98 Å². The van der Waals surface area contributed by atoms with Gasteiger partial charge in [0.1, 0.15) is 11.8 Å². The quantitative estimate of drug-likeness (QED) is 0.541. The third kappa shape index (κ3) is 3.28. The second-order valence-corrected chi connectivity index (χ2v) is 6.06. The van der Waals surface area contributed by atoms with Gasteiger partial charge in [0, 0.05) is 62.2 Å². The Morgan fingerprint density at radius 3 is 2.78 bits per heavy atom. The zero-order valence-corrected chi connectivity index (χ0v) is 19.0. The summed E-state index contributed by atoms with van der Waals surface area (Å²) in [6.45, 7) is 6.08. The van der Waals surface area contributed by atoms with Gasteiger partial charge in [-0.2, -0.15) is 6.33 Å². The van der Waals surface area contributed by atoms with Crippen LogP contribution in [0, 0.1) is 49.1 Å². The number of ether oxygens (including phenoxy) is 2. The van der Waals surface area contributed by atoms with Crippen molar-refractivity contribution in [2.45, 2.75) is 38.7 Å². The molecule has 9 heteroatoms. The molecule has 1 aliphatic rings. The fourth-order valence-corrected chi connectivity index (χ4v) is 2.70. The Labute approximate surface area is 170 Å². The molecule has 3 heterocycles. The molecule has 0 aliphatic carbocycles. The summed E-state index contributed by atoms with van der Waals surface area (Å²) in [4.78, 5) is 12.0. The number of imidazole rings is 1. The Hall–Kier alpha value is 0.0664. The maximum absolute atomic E-state index is 11.0. The van der Waals surface area contributed by atoms with E-state index in [9.17, 15) is 5.11 Å². The van der Waals surface area contributed by atoms with Crippen molar-refractivity contribution in [1.82, 2.24) is 19.5 Å². The van der Waals surface area contributed by atoms with Crippen molar-refractivity contribution in [3.8, 4) is 0 Å². The van der Waals surface area contributed by atoms with E-state index in [0.29, 0.717) is 17.8 Å². The molecule has 1 unspecified atom stereocenters. The third-order valence-electron chi connectivity index (χ3n) is 4.59. The van der Waals surface area contributed by atoms with E-state index < -0.39 is 17.2 Å². The van der Waals surface area contributed by atoms with Gasteiger partial charge in [0.2, 0.25) is 0 Å². The van der Waals surface area contributed by atoms with Crippen LogP contribution in [0.3, 0.4) is 0 Å². The van der Waals surface area contributed by atoms with Crippen LogP contribution in [0.2, 0.25) is 0 Å². The summed E-state index contributed by atoms with van der Waals surface area (Å²) in [6, 6.07) is 0. The Bertz CT molecular complexity index is 664. The second kappa shape index (κ2) is 7.53. The van der Waals surface area contributed by atoms with Crippen LogP contribution in [0.1, 0.15) is 27.0 Å². The normalized spacial score (nSPS) is 29.1. The molecule has 2 aromatic rings. The van der Waals surface area contributed by atoms with E-state index in [4.69, 9.17) is 9.47 Å². The van der Waals surface area contributed by atoms with Crippen molar-refractivity contribution < 1.29 is 64.2 Å². The number of aromatic nitrogens is 4. The molecule has 1 fully saturated rings. The molecule has 1 N–H and O–H groups in total. The summed E-state index contributed by atoms with van der Waals surface area (Å²) in [7, 11) is 1.62. The first-order valence-electron chi connectivity index (χ1n) is 6.74. The average molecular weight is 579 g/mol. The number of methoxy groups -OCH3 is 1. The number of hydrogen-bond acceptors (Lipinski definition) is 6. The van der Waals surface area contributed by atoms with Crippen molar-refractivity contribution in [2.75, 3.05) is 13.7 Å². The van der Waals surface area contributed by atoms with Crippen LogP contribution in [0.4, 0.5) is 0 Å². The molecule has 1 radical (unpaired) electrons. The molecule has 7 nitrogen and oxygen atoms in total. The zero-order chi connectivity index (χ0) is 15.3. The minimum atomic E-state index is -1.12. The van der Waals surface area contributed by atoms with E-state index in [-0.39, 0.29) is 55.8 Å². The smallest absolute Gasteiger partial charge is 0.146 e. The molecule has 0 saturated carbocycles. The first-order valence-corrected chi connectivity index (χ1v) is 6.74. The molecule has 3 atom stereocenters. The van der Waals surface area contributed by atoms with Gasteiger partial charge in [-0.1, -0.05) is 19.5 Å². The van der Waals surface area contributed by atoms with Gasteiger partial charge < -0.3 is 29.1 Å². The van der Waals surface area contributed by atoms with Gasteiger partial charge >= 0.3 is 0 Å². The fourth-order valence-electron chi connectivity index (χ4n) is 2.70. The van der Waals surface area contributed by atoms with E-state index in [1.54, 1.807) is 24.9 Å². The molecule has 1 aliphatic heterocycles. The van der Waals surface area contributed by atoms with Crippen molar-refractivity contribution >= 4 is 11.2 Å². The molecule has 0 amide bonds. The van der Waals surface area contributed by atoms with E-state index in [0.717, 1.165) is 0 Å². The number of rotatable bonds is 3. The Balaban J connectivity index is 0.00000132. The Kier molecular flexibility index (Phi) is 6.91. The van der Waals surface area contributed by atoms with Gasteiger partial charge in [-0.15, -0.1) is 5.52 Å². The molecular weight excluding hydrogens is 561 g/mol. The van der Waals surface area contributed by atoms with Crippen molar-refractivity contribution in [3.05, 3.63) is 18.9 Å². The predicted octanol–water partition coefficient (Wildman–Crippen LogP) is 0.745. The van der Waals surface area contributed by atoms with E-state index >= 15 is 0 Å². The SMILES string of the molecule is COC[C@H]1OC(n2cnc3[c-]n[c-]nc32)[C@](C)(O)C1(C)C.[U].[V]. The summed E-state index contributed by atoms with van der Waals surface area (Å²) in [6.07, 6.45) is 5.93. The third-order valence-corrected chi connectivity index (χ3v) is 4.59. The van der Waals surface area contributed by atoms with Crippen LogP contribution in [0.25, 0.3) is 11.2 Å². The number of fused-ring (bicyclic) bond motifs is 1. The summed E-state index contributed by atoms with van der Waals surface area (Å²) in [5.41, 5.74) is -0.565. The van der Waals surface area contributed by atoms with Crippen LogP contribution < -0.4 is 0 Å². The number of aliphatic hydroxyl groups is 1. The molecule has 1 saturated heterocycles. The predicted molar refractivity (Wildman–Crippen MR) is 73.2 cm³/mol. The molecule has 23 heavy (non-hydrogen) atoms. The minimum absolute atomic E-state index is 0. The van der Waals surface area contributed by atoms with Crippen LogP contribution in [-0.4, -0.2) is 50.0 Å². The molecule has 123 valence electrons. The standard InChI is InChI=1S/C14H18N4O3.U.V/c1-13(2)10(6-20-4)21-12(14(13,3)19)18-8-17-9-5-15-7-16-11(9)18;;/h8,10,12,19H,6H2,1-4H3;;/q-2;;/t10-,12?,14+;;/m1../s1. The van der Waals surface area contributed by atoms with E-state index in [1.807, 2.05) is 13.8 Å². The van der Waals surface area contributed by atoms with Gasteiger partial charge in [0.25, 0.3) is 0 Å². The first kappa shape index (κ1) is 21.1. The maximum Gasteiger partial charge on any atom is 0.146 e. The van der Waals surface area contributed by atoms with Gasteiger partial charge in [0.15, 0.2) is 0 Å². The van der Waals surface area contributed by atoms with Crippen LogP contribution in [0.5, 0.6) is 0 Å². The summed E-state index contributed by atoms with van der Waals surface area (Å²) in [5.74, 6) is 0. The molecule has 0 bridgehead atoms. The molecule has 3 rings (SSSR count). The van der Waals surface area contributed by atoms with Gasteiger partial charge in [-0.25, -0.2) is 6.20 Å². The van der Waals surface area contributed by atoms with Gasteiger partial charge in [0.05, 0.1) is 19.0 Å². The molecule has 2 aromatic heterocycles. The van der Waals surface area contributed by atoms with Crippen LogP contribution >= 0.6 is 0 Å². The number of nitrogens with zero attached hydrogens (tertiary/aromatic N) is 4. The summed E-state index contributed by atoms with van der Waals surface area (Å²) >= 11 is 0. The van der Waals surface area contributed by atoms with Crippen LogP contribution in [0.15, 0.2) is 6.33 Å². The first-order chi connectivity index (χ1) is 9.89. The minimum Gasteiger partial charge on any atom is -0.522 e. The zero-order valence-electron chi connectivity index (χ0n) is 13.4. The summed E-state index contributed by atoms with van der Waals surface area (Å²) in [5, 5.41) is 11.0. The Morgan fingerprint density at radius 1 is 1.43 bits per heavy atom. The number of hydrogen-bond donors (Lipinski definition) is 1. The van der Waals surface area contributed by atoms with Crippen LogP contribution in [-0.2, 0) is 28.0 Å².